The monoisotopic (exact) mass is 358 g/mol. The summed E-state index contributed by atoms with van der Waals surface area (Å²) in [6.07, 6.45) is 12.2. The molecule has 0 amide bonds. The molecule has 0 saturated heterocycles. The lowest BCUT2D eigenvalue weighted by Crippen LogP contribution is -2.00. The average molecular weight is 358 g/mol. The van der Waals surface area contributed by atoms with Crippen molar-refractivity contribution in [2.24, 2.45) is 0 Å². The number of phosphoric acid groups is 1. The van der Waals surface area contributed by atoms with Crippen LogP contribution in [0, 0.1) is 0 Å². The van der Waals surface area contributed by atoms with Crippen LogP contribution in [0.25, 0.3) is 0 Å². The minimum atomic E-state index is -4.22. The summed E-state index contributed by atoms with van der Waals surface area (Å²) in [5.41, 5.74) is 0. The van der Waals surface area contributed by atoms with Gasteiger partial charge in [-0.25, -0.2) is 9.45 Å². The van der Waals surface area contributed by atoms with Gasteiger partial charge in [0.05, 0.1) is 6.61 Å². The maximum absolute atomic E-state index is 11.7. The maximum atomic E-state index is 11.7. The molecule has 0 fully saturated rings. The average Bonchev–Trinajstić information content (AvgIpc) is 2.56. The van der Waals surface area contributed by atoms with Gasteiger partial charge >= 0.3 is 7.82 Å². The molecule has 0 aliphatic carbocycles. The van der Waals surface area contributed by atoms with E-state index >= 15 is 0 Å². The van der Waals surface area contributed by atoms with E-state index in [1.807, 2.05) is 0 Å². The van der Waals surface area contributed by atoms with Crippen molar-refractivity contribution in [3.8, 4) is 5.75 Å². The number of rotatable bonds is 15. The standard InChI is InChI=1S/C18H31O5P/c1-2-3-4-5-6-7-8-9-10-14-17-21-23-24(19,20)22-18-15-12-11-13-16-18/h11-13,15-16H,2-10,14,17H2,1H3,(H,19,20). The molecule has 138 valence electrons. The van der Waals surface area contributed by atoms with Crippen molar-refractivity contribution in [1.82, 2.24) is 0 Å². The minimum Gasteiger partial charge on any atom is -0.403 e. The van der Waals surface area contributed by atoms with Crippen molar-refractivity contribution < 1.29 is 23.5 Å². The second kappa shape index (κ2) is 13.4. The van der Waals surface area contributed by atoms with Crippen LogP contribution in [0.15, 0.2) is 30.3 Å². The highest BCUT2D eigenvalue weighted by atomic mass is 31.2. The van der Waals surface area contributed by atoms with Crippen LogP contribution in [0.1, 0.15) is 71.1 Å². The lowest BCUT2D eigenvalue weighted by atomic mass is 10.1. The van der Waals surface area contributed by atoms with Gasteiger partial charge in [0.2, 0.25) is 0 Å². The molecule has 0 radical (unpaired) electrons. The SMILES string of the molecule is CCCCCCCCCCCCOOP(=O)(O)Oc1ccccc1. The number of hydrogen-bond donors (Lipinski definition) is 1. The Morgan fingerprint density at radius 3 is 2.00 bits per heavy atom. The largest absolute Gasteiger partial charge is 0.555 e. The molecule has 0 bridgehead atoms. The summed E-state index contributed by atoms with van der Waals surface area (Å²) in [6.45, 7) is 2.52. The normalized spacial score (nSPS) is 13.6. The van der Waals surface area contributed by atoms with E-state index in [1.165, 1.54) is 44.9 Å². The molecule has 0 saturated carbocycles. The number of para-hydroxylation sites is 1. The van der Waals surface area contributed by atoms with Crippen LogP contribution in [-0.2, 0) is 14.1 Å². The fourth-order valence-electron chi connectivity index (χ4n) is 2.38. The zero-order valence-corrected chi connectivity index (χ0v) is 15.6. The van der Waals surface area contributed by atoms with E-state index in [4.69, 9.17) is 9.41 Å². The molecule has 0 aliphatic heterocycles. The van der Waals surface area contributed by atoms with Gasteiger partial charge in [-0.1, -0.05) is 82.9 Å². The zero-order chi connectivity index (χ0) is 17.5. The molecular formula is C18H31O5P. The van der Waals surface area contributed by atoms with Crippen LogP contribution in [0.4, 0.5) is 0 Å². The van der Waals surface area contributed by atoms with E-state index in [0.29, 0.717) is 6.61 Å². The van der Waals surface area contributed by atoms with Gasteiger partial charge in [-0.05, 0) is 18.6 Å². The summed E-state index contributed by atoms with van der Waals surface area (Å²) in [7, 11) is -4.22. The van der Waals surface area contributed by atoms with Crippen LogP contribution in [0.3, 0.4) is 0 Å². The summed E-state index contributed by atoms with van der Waals surface area (Å²) in [5.74, 6) is 0.269. The molecule has 24 heavy (non-hydrogen) atoms. The molecule has 0 aliphatic rings. The van der Waals surface area contributed by atoms with E-state index in [-0.39, 0.29) is 5.75 Å². The summed E-state index contributed by atoms with van der Waals surface area (Å²) < 4.78 is 21.0. The summed E-state index contributed by atoms with van der Waals surface area (Å²) >= 11 is 0. The van der Waals surface area contributed by atoms with Crippen LogP contribution >= 0.6 is 7.82 Å². The molecule has 0 spiro atoms. The lowest BCUT2D eigenvalue weighted by molar-refractivity contribution is -0.221. The van der Waals surface area contributed by atoms with Crippen molar-refractivity contribution in [2.45, 2.75) is 71.1 Å². The van der Waals surface area contributed by atoms with Crippen LogP contribution in [0.5, 0.6) is 5.75 Å². The molecule has 1 unspecified atom stereocenters. The van der Waals surface area contributed by atoms with E-state index < -0.39 is 7.82 Å². The number of benzene rings is 1. The first-order chi connectivity index (χ1) is 11.6. The van der Waals surface area contributed by atoms with Crippen molar-refractivity contribution in [1.29, 1.82) is 0 Å². The van der Waals surface area contributed by atoms with E-state index in [9.17, 15) is 9.46 Å². The second-order valence-electron chi connectivity index (χ2n) is 5.95. The topological polar surface area (TPSA) is 65.0 Å². The Morgan fingerprint density at radius 1 is 0.875 bits per heavy atom. The Bertz CT molecular complexity index is 452. The van der Waals surface area contributed by atoms with Gasteiger partial charge in [0, 0.05) is 0 Å². The molecular weight excluding hydrogens is 327 g/mol. The Labute approximate surface area is 145 Å². The minimum absolute atomic E-state index is 0.269. The number of unbranched alkanes of at least 4 members (excludes halogenated alkanes) is 9. The van der Waals surface area contributed by atoms with Crippen molar-refractivity contribution in [3.05, 3.63) is 30.3 Å². The third-order valence-electron chi connectivity index (χ3n) is 3.69. The fraction of sp³-hybridized carbons (Fsp3) is 0.667. The Morgan fingerprint density at radius 2 is 1.42 bits per heavy atom. The van der Waals surface area contributed by atoms with Crippen LogP contribution < -0.4 is 4.52 Å². The van der Waals surface area contributed by atoms with Gasteiger partial charge in [-0.15, -0.1) is 4.67 Å². The Hall–Kier alpha value is -0.870. The molecule has 1 atom stereocenters. The smallest absolute Gasteiger partial charge is 0.403 e. The fourth-order valence-corrected chi connectivity index (χ4v) is 3.01. The first-order valence-electron chi connectivity index (χ1n) is 9.02. The molecule has 6 heteroatoms. The molecule has 1 aromatic carbocycles. The van der Waals surface area contributed by atoms with Crippen molar-refractivity contribution >= 4 is 7.82 Å². The first-order valence-corrected chi connectivity index (χ1v) is 10.5. The summed E-state index contributed by atoms with van der Waals surface area (Å²) in [6, 6.07) is 8.36. The maximum Gasteiger partial charge on any atom is 0.555 e. The van der Waals surface area contributed by atoms with E-state index in [1.54, 1.807) is 30.3 Å². The van der Waals surface area contributed by atoms with Crippen molar-refractivity contribution in [2.75, 3.05) is 6.61 Å². The van der Waals surface area contributed by atoms with Crippen LogP contribution in [-0.4, -0.2) is 11.5 Å². The third-order valence-corrected chi connectivity index (χ3v) is 4.43. The highest BCUT2D eigenvalue weighted by Crippen LogP contribution is 2.43. The second-order valence-corrected chi connectivity index (χ2v) is 7.22. The Kier molecular flexibility index (Phi) is 11.8. The van der Waals surface area contributed by atoms with Gasteiger partial charge in [0.25, 0.3) is 0 Å². The predicted molar refractivity (Wildman–Crippen MR) is 95.8 cm³/mol. The van der Waals surface area contributed by atoms with Gasteiger partial charge in [0.15, 0.2) is 0 Å². The number of hydrogen-bond acceptors (Lipinski definition) is 4. The van der Waals surface area contributed by atoms with E-state index in [0.717, 1.165) is 19.3 Å². The molecule has 0 aromatic heterocycles. The lowest BCUT2D eigenvalue weighted by Gasteiger charge is -2.11. The van der Waals surface area contributed by atoms with Gasteiger partial charge in [0.1, 0.15) is 5.75 Å². The summed E-state index contributed by atoms with van der Waals surface area (Å²) in [5, 5.41) is 0. The number of phosphoric ester groups is 1. The quantitative estimate of drug-likeness (QED) is 0.179. The first kappa shape index (κ1) is 21.2. The predicted octanol–water partition coefficient (Wildman–Crippen LogP) is 6.03. The van der Waals surface area contributed by atoms with Crippen molar-refractivity contribution in [3.63, 3.8) is 0 Å². The van der Waals surface area contributed by atoms with E-state index in [2.05, 4.69) is 11.6 Å². The van der Waals surface area contributed by atoms with Gasteiger partial charge in [-0.2, -0.15) is 0 Å². The molecule has 1 aromatic rings. The third kappa shape index (κ3) is 11.6. The molecule has 0 heterocycles. The highest BCUT2D eigenvalue weighted by molar-refractivity contribution is 7.47. The zero-order valence-electron chi connectivity index (χ0n) is 14.7. The molecule has 1 N–H and O–H groups in total. The van der Waals surface area contributed by atoms with Crippen LogP contribution in [0.2, 0.25) is 0 Å². The molecule has 5 nitrogen and oxygen atoms in total. The summed E-state index contributed by atoms with van der Waals surface area (Å²) in [4.78, 5) is 14.3. The highest BCUT2D eigenvalue weighted by Gasteiger charge is 2.24. The molecule has 1 rings (SSSR count). The van der Waals surface area contributed by atoms with Gasteiger partial charge < -0.3 is 4.52 Å². The van der Waals surface area contributed by atoms with Gasteiger partial charge in [-0.3, -0.25) is 4.89 Å². The Balaban J connectivity index is 1.93.